The molecule has 4 heterocycles. The van der Waals surface area contributed by atoms with Crippen molar-refractivity contribution in [2.75, 3.05) is 19.7 Å². The number of hydrogen-bond acceptors (Lipinski definition) is 5. The molecule has 8 heteroatoms. The molecule has 0 N–H and O–H groups in total. The molecule has 0 spiro atoms. The van der Waals surface area contributed by atoms with Crippen molar-refractivity contribution in [3.05, 3.63) is 76.9 Å². The number of aryl methyl sites for hydroxylation is 1. The van der Waals surface area contributed by atoms with Crippen LogP contribution in [0.1, 0.15) is 51.5 Å². The number of hydrogen-bond donors (Lipinski definition) is 0. The molecule has 8 nitrogen and oxygen atoms in total. The van der Waals surface area contributed by atoms with Crippen LogP contribution in [0.5, 0.6) is 0 Å². The molecule has 2 aliphatic heterocycles. The van der Waals surface area contributed by atoms with Crippen molar-refractivity contribution in [1.82, 2.24) is 19.5 Å². The van der Waals surface area contributed by atoms with E-state index in [0.29, 0.717) is 56.2 Å². The fourth-order valence-electron chi connectivity index (χ4n) is 4.87. The second-order valence-electron chi connectivity index (χ2n) is 8.11. The Morgan fingerprint density at radius 3 is 2.75 bits per heavy atom. The highest BCUT2D eigenvalue weighted by atomic mass is 16.5. The Morgan fingerprint density at radius 2 is 2.00 bits per heavy atom. The van der Waals surface area contributed by atoms with Gasteiger partial charge in [-0.05, 0) is 36.6 Å². The van der Waals surface area contributed by atoms with E-state index >= 15 is 0 Å². The summed E-state index contributed by atoms with van der Waals surface area (Å²) in [5.41, 5.74) is 2.73. The molecule has 1 saturated heterocycles. The van der Waals surface area contributed by atoms with E-state index in [1.165, 1.54) is 6.26 Å². The van der Waals surface area contributed by atoms with Crippen LogP contribution in [-0.4, -0.2) is 51.0 Å². The van der Waals surface area contributed by atoms with Crippen molar-refractivity contribution in [3.63, 3.8) is 0 Å². The zero-order chi connectivity index (χ0) is 22.3. The van der Waals surface area contributed by atoms with Gasteiger partial charge in [-0.25, -0.2) is 0 Å². The molecule has 0 saturated carbocycles. The topological polar surface area (TPSA) is 80.8 Å². The third-order valence-corrected chi connectivity index (χ3v) is 6.47. The van der Waals surface area contributed by atoms with Gasteiger partial charge < -0.3 is 23.6 Å². The summed E-state index contributed by atoms with van der Waals surface area (Å²) >= 11 is 0. The predicted molar refractivity (Wildman–Crippen MR) is 116 cm³/mol. The quantitative estimate of drug-likeness (QED) is 0.596. The molecule has 2 amide bonds. The van der Waals surface area contributed by atoms with E-state index in [1.807, 2.05) is 65.9 Å². The van der Waals surface area contributed by atoms with Crippen LogP contribution >= 0.6 is 0 Å². The molecule has 32 heavy (non-hydrogen) atoms. The van der Waals surface area contributed by atoms with Gasteiger partial charge in [-0.15, -0.1) is 0 Å². The Hall–Kier alpha value is -3.39. The van der Waals surface area contributed by atoms with E-state index in [9.17, 15) is 9.59 Å². The Morgan fingerprint density at radius 1 is 1.19 bits per heavy atom. The summed E-state index contributed by atoms with van der Waals surface area (Å²) in [5, 5.41) is 3.99. The fourth-order valence-corrected chi connectivity index (χ4v) is 4.87. The third-order valence-electron chi connectivity index (χ3n) is 6.47. The second-order valence-corrected chi connectivity index (χ2v) is 8.11. The van der Waals surface area contributed by atoms with Crippen molar-refractivity contribution in [1.29, 1.82) is 0 Å². The van der Waals surface area contributed by atoms with Crippen LogP contribution in [0.2, 0.25) is 0 Å². The first-order valence-electron chi connectivity index (χ1n) is 11.0. The van der Waals surface area contributed by atoms with Crippen LogP contribution in [0.15, 0.2) is 53.4 Å². The Balaban J connectivity index is 1.62. The lowest BCUT2D eigenvalue weighted by Crippen LogP contribution is -2.60. The third kappa shape index (κ3) is 2.97. The van der Waals surface area contributed by atoms with E-state index in [4.69, 9.17) is 9.26 Å². The Bertz CT molecular complexity index is 1150. The molecule has 0 radical (unpaired) electrons. The largest absolute Gasteiger partial charge is 0.377 e. The highest BCUT2D eigenvalue weighted by Crippen LogP contribution is 2.43. The van der Waals surface area contributed by atoms with E-state index in [2.05, 4.69) is 5.16 Å². The maximum atomic E-state index is 13.7. The van der Waals surface area contributed by atoms with Gasteiger partial charge >= 0.3 is 0 Å². The standard InChI is InChI=1S/C24H26N4O4/c1-3-20-19(15-32-25-20)22(29)27-12-13-28-23(30)21-6-5-11-26(21)16-24(27,28)18-9-7-17(8-10-18)14-31-4-2/h5-11,15H,3-4,12-14,16H2,1-2H3. The monoisotopic (exact) mass is 434 g/mol. The van der Waals surface area contributed by atoms with Gasteiger partial charge in [-0.1, -0.05) is 36.3 Å². The SMILES string of the molecule is CCOCc1ccc(C23Cn4cccc4C(=O)N2CCN3C(=O)c2conc2CC)cc1. The normalized spacial score (nSPS) is 19.9. The van der Waals surface area contributed by atoms with Crippen LogP contribution in [0.25, 0.3) is 0 Å². The van der Waals surface area contributed by atoms with Gasteiger partial charge in [0, 0.05) is 25.9 Å². The second kappa shape index (κ2) is 7.94. The average Bonchev–Trinajstić information content (AvgIpc) is 3.56. The van der Waals surface area contributed by atoms with Crippen molar-refractivity contribution < 1.29 is 18.8 Å². The summed E-state index contributed by atoms with van der Waals surface area (Å²) in [4.78, 5) is 30.8. The number of nitrogens with zero attached hydrogens (tertiary/aromatic N) is 4. The molecule has 166 valence electrons. The minimum absolute atomic E-state index is 0.0732. The molecule has 1 fully saturated rings. The molecule has 5 rings (SSSR count). The van der Waals surface area contributed by atoms with Gasteiger partial charge in [-0.2, -0.15) is 0 Å². The number of rotatable bonds is 6. The van der Waals surface area contributed by atoms with Crippen LogP contribution < -0.4 is 0 Å². The Kier molecular flexibility index (Phi) is 5.09. The van der Waals surface area contributed by atoms with Crippen molar-refractivity contribution >= 4 is 11.8 Å². The molecule has 0 aliphatic carbocycles. The lowest BCUT2D eigenvalue weighted by Gasteiger charge is -2.47. The van der Waals surface area contributed by atoms with Gasteiger partial charge in [-0.3, -0.25) is 9.59 Å². The van der Waals surface area contributed by atoms with E-state index in [-0.39, 0.29) is 11.8 Å². The molecule has 1 atom stereocenters. The van der Waals surface area contributed by atoms with Crippen molar-refractivity contribution in [3.8, 4) is 0 Å². The van der Waals surface area contributed by atoms with Crippen LogP contribution in [-0.2, 0) is 30.0 Å². The minimum Gasteiger partial charge on any atom is -0.377 e. The first kappa shape index (κ1) is 20.5. The fraction of sp³-hybridized carbons (Fsp3) is 0.375. The summed E-state index contributed by atoms with van der Waals surface area (Å²) < 4.78 is 12.6. The molecule has 2 aromatic heterocycles. The van der Waals surface area contributed by atoms with Gasteiger partial charge in [0.2, 0.25) is 0 Å². The smallest absolute Gasteiger partial charge is 0.272 e. The number of amides is 2. The van der Waals surface area contributed by atoms with Gasteiger partial charge in [0.25, 0.3) is 11.8 Å². The highest BCUT2D eigenvalue weighted by molar-refractivity contribution is 5.98. The summed E-state index contributed by atoms with van der Waals surface area (Å²) in [6, 6.07) is 11.7. The number of carbonyl (C=O) groups is 2. The first-order valence-corrected chi connectivity index (χ1v) is 11.0. The number of carbonyl (C=O) groups excluding carboxylic acids is 2. The van der Waals surface area contributed by atoms with Crippen molar-refractivity contribution in [2.24, 2.45) is 0 Å². The zero-order valence-corrected chi connectivity index (χ0v) is 18.3. The maximum absolute atomic E-state index is 13.7. The lowest BCUT2D eigenvalue weighted by molar-refractivity contribution is -0.00601. The average molecular weight is 434 g/mol. The lowest BCUT2D eigenvalue weighted by atomic mass is 9.92. The zero-order valence-electron chi connectivity index (χ0n) is 18.3. The highest BCUT2D eigenvalue weighted by Gasteiger charge is 2.56. The predicted octanol–water partition coefficient (Wildman–Crippen LogP) is 3.04. The van der Waals surface area contributed by atoms with E-state index < -0.39 is 5.66 Å². The van der Waals surface area contributed by atoms with Crippen LogP contribution in [0.4, 0.5) is 0 Å². The summed E-state index contributed by atoms with van der Waals surface area (Å²) in [7, 11) is 0. The Labute approximate surface area is 186 Å². The molecule has 3 aromatic rings. The number of fused-ring (bicyclic) bond motifs is 2. The summed E-state index contributed by atoms with van der Waals surface area (Å²) in [5.74, 6) is -0.247. The molecule has 0 bridgehead atoms. The van der Waals surface area contributed by atoms with Crippen LogP contribution in [0, 0.1) is 0 Å². The van der Waals surface area contributed by atoms with Gasteiger partial charge in [0.05, 0.1) is 18.8 Å². The summed E-state index contributed by atoms with van der Waals surface area (Å²) in [6.45, 7) is 6.43. The van der Waals surface area contributed by atoms with E-state index in [0.717, 1.165) is 11.1 Å². The molecule has 2 aliphatic rings. The first-order chi connectivity index (χ1) is 15.6. The van der Waals surface area contributed by atoms with Crippen molar-refractivity contribution in [2.45, 2.75) is 39.1 Å². The molecule has 1 unspecified atom stereocenters. The van der Waals surface area contributed by atoms with Crippen LogP contribution in [0.3, 0.4) is 0 Å². The van der Waals surface area contributed by atoms with Gasteiger partial charge in [0.1, 0.15) is 17.5 Å². The molecular weight excluding hydrogens is 408 g/mol. The number of benzene rings is 1. The van der Waals surface area contributed by atoms with Gasteiger partial charge in [0.15, 0.2) is 5.66 Å². The number of aromatic nitrogens is 2. The van der Waals surface area contributed by atoms with E-state index in [1.54, 1.807) is 4.90 Å². The minimum atomic E-state index is -0.924. The molecule has 1 aromatic carbocycles. The maximum Gasteiger partial charge on any atom is 0.272 e. The summed E-state index contributed by atoms with van der Waals surface area (Å²) in [6.07, 6.45) is 3.90. The number of ether oxygens (including phenoxy) is 1. The molecular formula is C24H26N4O4.